The van der Waals surface area contributed by atoms with Gasteiger partial charge in [-0.2, -0.15) is 0 Å². The van der Waals surface area contributed by atoms with E-state index in [1.807, 2.05) is 27.7 Å². The smallest absolute Gasteiger partial charge is 0.332 e. The third kappa shape index (κ3) is 2.93. The van der Waals surface area contributed by atoms with Crippen molar-refractivity contribution in [3.8, 4) is 0 Å². The zero-order valence-corrected chi connectivity index (χ0v) is 12.7. The van der Waals surface area contributed by atoms with E-state index in [1.165, 1.54) is 0 Å². The van der Waals surface area contributed by atoms with Crippen LogP contribution in [-0.2, 0) is 28.5 Å². The molecule has 0 bridgehead atoms. The van der Waals surface area contributed by atoms with Gasteiger partial charge in [0.25, 0.3) is 0 Å². The van der Waals surface area contributed by atoms with Crippen LogP contribution in [0.5, 0.6) is 0 Å². The SMILES string of the molecule is CC1(C)OC[C@H]([C@H]2O[C@H](C(=O)O)C[C@H]3OC(C)(C)O[C@@H]23)O1. The first kappa shape index (κ1) is 15.2. The molecule has 1 N–H and O–H groups in total. The lowest BCUT2D eigenvalue weighted by molar-refractivity contribution is -0.209. The van der Waals surface area contributed by atoms with Gasteiger partial charge >= 0.3 is 5.97 Å². The third-order valence-corrected chi connectivity index (χ3v) is 3.99. The number of carboxylic acid groups (broad SMARTS) is 1. The van der Waals surface area contributed by atoms with Crippen molar-refractivity contribution in [2.45, 2.75) is 76.2 Å². The molecule has 3 aliphatic rings. The van der Waals surface area contributed by atoms with Gasteiger partial charge in [-0.3, -0.25) is 0 Å². The minimum atomic E-state index is -0.995. The number of fused-ring (bicyclic) bond motifs is 1. The predicted molar refractivity (Wildman–Crippen MR) is 69.6 cm³/mol. The lowest BCUT2D eigenvalue weighted by Gasteiger charge is -2.37. The van der Waals surface area contributed by atoms with Gasteiger partial charge in [-0.25, -0.2) is 4.79 Å². The van der Waals surface area contributed by atoms with Crippen molar-refractivity contribution in [1.82, 2.24) is 0 Å². The number of rotatable bonds is 2. The first-order valence-corrected chi connectivity index (χ1v) is 7.22. The number of carboxylic acids is 1. The number of hydrogen-bond donors (Lipinski definition) is 1. The van der Waals surface area contributed by atoms with Gasteiger partial charge in [0, 0.05) is 6.42 Å². The number of carbonyl (C=O) groups is 1. The summed E-state index contributed by atoms with van der Waals surface area (Å²) in [5.41, 5.74) is 0. The van der Waals surface area contributed by atoms with Gasteiger partial charge in [0.15, 0.2) is 17.7 Å². The molecule has 3 fully saturated rings. The highest BCUT2D eigenvalue weighted by molar-refractivity contribution is 5.72. The zero-order chi connectivity index (χ0) is 15.4. The van der Waals surface area contributed by atoms with E-state index >= 15 is 0 Å². The molecule has 0 aromatic rings. The molecule has 3 rings (SSSR count). The van der Waals surface area contributed by atoms with Crippen LogP contribution in [0.3, 0.4) is 0 Å². The van der Waals surface area contributed by atoms with Crippen molar-refractivity contribution in [3.63, 3.8) is 0 Å². The molecule has 0 aromatic carbocycles. The van der Waals surface area contributed by atoms with Crippen molar-refractivity contribution in [2.75, 3.05) is 6.61 Å². The second kappa shape index (κ2) is 4.89. The maximum absolute atomic E-state index is 11.3. The fraction of sp³-hybridized carbons (Fsp3) is 0.929. The van der Waals surface area contributed by atoms with Crippen molar-refractivity contribution >= 4 is 5.97 Å². The predicted octanol–water partition coefficient (Wildman–Crippen LogP) is 0.900. The molecule has 0 radical (unpaired) electrons. The van der Waals surface area contributed by atoms with E-state index in [4.69, 9.17) is 23.7 Å². The summed E-state index contributed by atoms with van der Waals surface area (Å²) >= 11 is 0. The first-order chi connectivity index (χ1) is 9.67. The van der Waals surface area contributed by atoms with Crippen LogP contribution < -0.4 is 0 Å². The molecule has 5 atom stereocenters. The quantitative estimate of drug-likeness (QED) is 0.811. The van der Waals surface area contributed by atoms with E-state index in [0.29, 0.717) is 6.61 Å². The summed E-state index contributed by atoms with van der Waals surface area (Å²) in [5.74, 6) is -2.45. The van der Waals surface area contributed by atoms with Gasteiger partial charge in [-0.15, -0.1) is 0 Å². The average Bonchev–Trinajstić information content (AvgIpc) is 2.85. The van der Waals surface area contributed by atoms with E-state index in [0.717, 1.165) is 0 Å². The second-order valence-corrected chi connectivity index (χ2v) is 6.67. The van der Waals surface area contributed by atoms with E-state index in [1.54, 1.807) is 0 Å². The lowest BCUT2D eigenvalue weighted by atomic mass is 9.95. The van der Waals surface area contributed by atoms with E-state index in [-0.39, 0.29) is 24.7 Å². The second-order valence-electron chi connectivity index (χ2n) is 6.67. The van der Waals surface area contributed by atoms with Crippen LogP contribution in [0, 0.1) is 0 Å². The van der Waals surface area contributed by atoms with Crippen LogP contribution in [0.2, 0.25) is 0 Å². The van der Waals surface area contributed by atoms with Crippen LogP contribution in [-0.4, -0.2) is 59.8 Å². The topological polar surface area (TPSA) is 83.5 Å². The van der Waals surface area contributed by atoms with Gasteiger partial charge < -0.3 is 28.8 Å². The summed E-state index contributed by atoms with van der Waals surface area (Å²) in [4.78, 5) is 11.3. The molecule has 120 valence electrons. The molecule has 0 unspecified atom stereocenters. The van der Waals surface area contributed by atoms with Crippen molar-refractivity contribution in [3.05, 3.63) is 0 Å². The molecule has 7 heteroatoms. The highest BCUT2D eigenvalue weighted by Crippen LogP contribution is 2.40. The maximum Gasteiger partial charge on any atom is 0.332 e. The largest absolute Gasteiger partial charge is 0.479 e. The van der Waals surface area contributed by atoms with Crippen molar-refractivity contribution < 1.29 is 33.6 Å². The minimum Gasteiger partial charge on any atom is -0.479 e. The van der Waals surface area contributed by atoms with E-state index in [9.17, 15) is 9.90 Å². The van der Waals surface area contributed by atoms with Gasteiger partial charge in [0.2, 0.25) is 0 Å². The zero-order valence-electron chi connectivity index (χ0n) is 12.7. The molecular formula is C14H22O7. The average molecular weight is 302 g/mol. The maximum atomic E-state index is 11.3. The van der Waals surface area contributed by atoms with Crippen LogP contribution in [0.4, 0.5) is 0 Å². The molecular weight excluding hydrogens is 280 g/mol. The Balaban J connectivity index is 1.81. The molecule has 0 amide bonds. The normalized spacial score (nSPS) is 44.5. The monoisotopic (exact) mass is 302 g/mol. The Morgan fingerprint density at radius 2 is 1.67 bits per heavy atom. The highest BCUT2D eigenvalue weighted by atomic mass is 16.8. The molecule has 21 heavy (non-hydrogen) atoms. The summed E-state index contributed by atoms with van der Waals surface area (Å²) in [6, 6.07) is 0. The molecule has 0 spiro atoms. The third-order valence-electron chi connectivity index (χ3n) is 3.99. The van der Waals surface area contributed by atoms with E-state index < -0.39 is 29.8 Å². The van der Waals surface area contributed by atoms with Crippen LogP contribution >= 0.6 is 0 Å². The Hall–Kier alpha value is -0.730. The van der Waals surface area contributed by atoms with Crippen molar-refractivity contribution in [2.24, 2.45) is 0 Å². The molecule has 3 heterocycles. The van der Waals surface area contributed by atoms with Crippen LogP contribution in [0.25, 0.3) is 0 Å². The Bertz CT molecular complexity index is 433. The first-order valence-electron chi connectivity index (χ1n) is 7.22. The molecule has 7 nitrogen and oxygen atoms in total. The molecule has 0 saturated carbocycles. The van der Waals surface area contributed by atoms with Crippen LogP contribution in [0.1, 0.15) is 34.1 Å². The highest BCUT2D eigenvalue weighted by Gasteiger charge is 2.55. The number of aliphatic carboxylic acids is 1. The summed E-state index contributed by atoms with van der Waals surface area (Å²) in [6.07, 6.45) is -2.19. The summed E-state index contributed by atoms with van der Waals surface area (Å²) in [6.45, 7) is 7.61. The Morgan fingerprint density at radius 3 is 2.24 bits per heavy atom. The van der Waals surface area contributed by atoms with Gasteiger partial charge in [0.05, 0.1) is 12.7 Å². The summed E-state index contributed by atoms with van der Waals surface area (Å²) in [7, 11) is 0. The van der Waals surface area contributed by atoms with Crippen molar-refractivity contribution in [1.29, 1.82) is 0 Å². The van der Waals surface area contributed by atoms with Gasteiger partial charge in [0.1, 0.15) is 18.3 Å². The van der Waals surface area contributed by atoms with E-state index in [2.05, 4.69) is 0 Å². The van der Waals surface area contributed by atoms with Gasteiger partial charge in [-0.1, -0.05) is 0 Å². The molecule has 3 saturated heterocycles. The fourth-order valence-electron chi connectivity index (χ4n) is 3.19. The van der Waals surface area contributed by atoms with Crippen LogP contribution in [0.15, 0.2) is 0 Å². The fourth-order valence-corrected chi connectivity index (χ4v) is 3.19. The Labute approximate surface area is 123 Å². The summed E-state index contributed by atoms with van der Waals surface area (Å²) in [5, 5.41) is 9.26. The molecule has 0 aliphatic carbocycles. The lowest BCUT2D eigenvalue weighted by Crippen LogP contribution is -2.54. The van der Waals surface area contributed by atoms with Gasteiger partial charge in [-0.05, 0) is 27.7 Å². The molecule has 3 aliphatic heterocycles. The number of hydrogen-bond acceptors (Lipinski definition) is 6. The Kier molecular flexibility index (Phi) is 3.53. The Morgan fingerprint density at radius 1 is 1.00 bits per heavy atom. The minimum absolute atomic E-state index is 0.275. The molecule has 0 aromatic heterocycles. The number of ether oxygens (including phenoxy) is 5. The summed E-state index contributed by atoms with van der Waals surface area (Å²) < 4.78 is 28.8. The standard InChI is InChI=1S/C14H22O7/c1-13(2)17-6-9(20-13)10-11-7(19-14(3,4)21-11)5-8(18-10)12(15)16/h7-11H,5-6H2,1-4H3,(H,15,16)/t7-,8+,9-,10-,11-/m1/s1.